The van der Waals surface area contributed by atoms with Crippen molar-refractivity contribution in [2.24, 2.45) is 0 Å². The lowest BCUT2D eigenvalue weighted by Crippen LogP contribution is -2.19. The average molecular weight is 474 g/mol. The smallest absolute Gasteiger partial charge is 0.292 e. The van der Waals surface area contributed by atoms with Crippen LogP contribution >= 0.6 is 27.3 Å². The van der Waals surface area contributed by atoms with Crippen molar-refractivity contribution in [3.05, 3.63) is 68.3 Å². The summed E-state index contributed by atoms with van der Waals surface area (Å²) in [6.07, 6.45) is 0. The zero-order chi connectivity index (χ0) is 20.5. The molecule has 8 nitrogen and oxygen atoms in total. The van der Waals surface area contributed by atoms with Crippen molar-refractivity contribution >= 4 is 39.0 Å². The van der Waals surface area contributed by atoms with Crippen LogP contribution in [0.25, 0.3) is 16.5 Å². The number of aromatic amines is 1. The zero-order valence-corrected chi connectivity index (χ0v) is 17.9. The number of nitrogens with zero attached hydrogens (tertiary/aromatic N) is 3. The molecule has 0 saturated carbocycles. The SMILES string of the molecule is CC(C)c1cc(=O)[nH]c(-n2nc(-c3cccs3)cc2NC(=O)c2ccc(Br)o2)n1. The van der Waals surface area contributed by atoms with Crippen molar-refractivity contribution in [1.82, 2.24) is 19.7 Å². The van der Waals surface area contributed by atoms with E-state index in [4.69, 9.17) is 4.42 Å². The van der Waals surface area contributed by atoms with Gasteiger partial charge in [0, 0.05) is 12.1 Å². The maximum Gasteiger partial charge on any atom is 0.292 e. The van der Waals surface area contributed by atoms with Crippen LogP contribution < -0.4 is 10.9 Å². The molecule has 148 valence electrons. The van der Waals surface area contributed by atoms with Crippen molar-refractivity contribution in [3.63, 3.8) is 0 Å². The highest BCUT2D eigenvalue weighted by Gasteiger charge is 2.19. The van der Waals surface area contributed by atoms with Crippen LogP contribution in [0, 0.1) is 0 Å². The van der Waals surface area contributed by atoms with E-state index in [1.54, 1.807) is 18.2 Å². The summed E-state index contributed by atoms with van der Waals surface area (Å²) in [5.74, 6) is 0.327. The van der Waals surface area contributed by atoms with E-state index in [0.717, 1.165) is 4.88 Å². The zero-order valence-electron chi connectivity index (χ0n) is 15.5. The fraction of sp³-hybridized carbons (Fsp3) is 0.158. The minimum absolute atomic E-state index is 0.0573. The van der Waals surface area contributed by atoms with Gasteiger partial charge in [-0.2, -0.15) is 9.78 Å². The summed E-state index contributed by atoms with van der Waals surface area (Å²) in [6.45, 7) is 3.90. The Labute approximate surface area is 177 Å². The molecule has 29 heavy (non-hydrogen) atoms. The lowest BCUT2D eigenvalue weighted by Gasteiger charge is -2.09. The monoisotopic (exact) mass is 473 g/mol. The normalized spacial score (nSPS) is 11.2. The minimum Gasteiger partial charge on any atom is -0.444 e. The molecular weight excluding hydrogens is 458 g/mol. The lowest BCUT2D eigenvalue weighted by atomic mass is 10.1. The van der Waals surface area contributed by atoms with Crippen LogP contribution in [0.15, 0.2) is 55.7 Å². The van der Waals surface area contributed by atoms with E-state index >= 15 is 0 Å². The third-order valence-electron chi connectivity index (χ3n) is 4.06. The van der Waals surface area contributed by atoms with E-state index in [-0.39, 0.29) is 23.2 Å². The molecule has 0 aliphatic heterocycles. The fourth-order valence-electron chi connectivity index (χ4n) is 2.65. The van der Waals surface area contributed by atoms with Crippen molar-refractivity contribution in [1.29, 1.82) is 0 Å². The van der Waals surface area contributed by atoms with Gasteiger partial charge in [0.15, 0.2) is 10.4 Å². The maximum atomic E-state index is 12.6. The number of hydrogen-bond acceptors (Lipinski definition) is 6. The van der Waals surface area contributed by atoms with Crippen LogP contribution in [-0.4, -0.2) is 25.7 Å². The Bertz CT molecular complexity index is 1220. The minimum atomic E-state index is -0.447. The number of nitrogens with one attached hydrogen (secondary N) is 2. The first kappa shape index (κ1) is 19.3. The number of H-pyrrole nitrogens is 1. The molecule has 10 heteroatoms. The topological polar surface area (TPSA) is 106 Å². The standard InChI is InChI=1S/C19H16BrN5O3S/c1-10(2)11-9-17(26)23-19(21-11)25-16(8-12(24-25)14-4-3-7-29-14)22-18(27)13-5-6-15(20)28-13/h3-10H,1-2H3,(H,22,27)(H,21,23,26). The number of amides is 1. The summed E-state index contributed by atoms with van der Waals surface area (Å²) >= 11 is 4.70. The lowest BCUT2D eigenvalue weighted by molar-refractivity contribution is 0.0994. The van der Waals surface area contributed by atoms with Crippen molar-refractivity contribution < 1.29 is 9.21 Å². The number of carbonyl (C=O) groups excluding carboxylic acids is 1. The Kier molecular flexibility index (Phi) is 5.20. The van der Waals surface area contributed by atoms with Crippen LogP contribution in [0.4, 0.5) is 5.82 Å². The number of aromatic nitrogens is 4. The van der Waals surface area contributed by atoms with Gasteiger partial charge < -0.3 is 9.73 Å². The summed E-state index contributed by atoms with van der Waals surface area (Å²) < 4.78 is 7.18. The predicted octanol–water partition coefficient (Wildman–Crippen LogP) is 4.42. The van der Waals surface area contributed by atoms with E-state index in [0.29, 0.717) is 21.9 Å². The number of carbonyl (C=O) groups is 1. The molecule has 0 saturated heterocycles. The molecule has 0 unspecified atom stereocenters. The van der Waals surface area contributed by atoms with Crippen molar-refractivity contribution in [3.8, 4) is 16.5 Å². The maximum absolute atomic E-state index is 12.6. The van der Waals surface area contributed by atoms with Gasteiger partial charge >= 0.3 is 0 Å². The number of rotatable bonds is 5. The van der Waals surface area contributed by atoms with Gasteiger partial charge in [0.1, 0.15) is 11.5 Å². The van der Waals surface area contributed by atoms with Gasteiger partial charge in [0.2, 0.25) is 5.95 Å². The van der Waals surface area contributed by atoms with E-state index in [9.17, 15) is 9.59 Å². The van der Waals surface area contributed by atoms with Crippen LogP contribution in [0.1, 0.15) is 36.0 Å². The molecule has 4 rings (SSSR count). The van der Waals surface area contributed by atoms with Crippen LogP contribution in [0.5, 0.6) is 0 Å². The molecule has 4 aromatic rings. The molecule has 0 bridgehead atoms. The molecule has 4 aromatic heterocycles. The molecule has 0 spiro atoms. The second kappa shape index (κ2) is 7.80. The van der Waals surface area contributed by atoms with Gasteiger partial charge in [0.05, 0.1) is 10.6 Å². The summed E-state index contributed by atoms with van der Waals surface area (Å²) in [5, 5.41) is 9.27. The highest BCUT2D eigenvalue weighted by atomic mass is 79.9. The van der Waals surface area contributed by atoms with E-state index in [2.05, 4.69) is 36.3 Å². The number of hydrogen-bond donors (Lipinski definition) is 2. The van der Waals surface area contributed by atoms with E-state index in [1.807, 2.05) is 31.4 Å². The average Bonchev–Trinajstić information content (AvgIpc) is 3.41. The number of furan rings is 1. The molecule has 4 heterocycles. The summed E-state index contributed by atoms with van der Waals surface area (Å²) in [6, 6.07) is 10.2. The molecule has 0 fully saturated rings. The number of anilines is 1. The summed E-state index contributed by atoms with van der Waals surface area (Å²) in [5.41, 5.74) is 0.983. The molecule has 2 N–H and O–H groups in total. The second-order valence-corrected chi connectivity index (χ2v) is 8.24. The summed E-state index contributed by atoms with van der Waals surface area (Å²) in [4.78, 5) is 32.8. The Morgan fingerprint density at radius 2 is 2.14 bits per heavy atom. The van der Waals surface area contributed by atoms with Gasteiger partial charge in [0.25, 0.3) is 11.5 Å². The van der Waals surface area contributed by atoms with Crippen molar-refractivity contribution in [2.45, 2.75) is 19.8 Å². The molecule has 0 aliphatic carbocycles. The molecular formula is C19H16BrN5O3S. The Morgan fingerprint density at radius 1 is 1.31 bits per heavy atom. The fourth-order valence-corrected chi connectivity index (χ4v) is 3.64. The number of halogens is 1. The third-order valence-corrected chi connectivity index (χ3v) is 5.38. The molecule has 1 amide bonds. The Hall–Kier alpha value is -2.98. The van der Waals surface area contributed by atoms with Crippen molar-refractivity contribution in [2.75, 3.05) is 5.32 Å². The molecule has 0 radical (unpaired) electrons. The van der Waals surface area contributed by atoms with E-state index in [1.165, 1.54) is 22.1 Å². The number of thiophene rings is 1. The third kappa shape index (κ3) is 4.08. The van der Waals surface area contributed by atoms with Crippen LogP contribution in [0.2, 0.25) is 0 Å². The molecule has 0 atom stereocenters. The first-order valence-electron chi connectivity index (χ1n) is 8.73. The first-order chi connectivity index (χ1) is 13.9. The van der Waals surface area contributed by atoms with Crippen LogP contribution in [-0.2, 0) is 0 Å². The van der Waals surface area contributed by atoms with Gasteiger partial charge in [-0.3, -0.25) is 14.6 Å². The molecule has 0 aromatic carbocycles. The largest absolute Gasteiger partial charge is 0.444 e. The van der Waals surface area contributed by atoms with Gasteiger partial charge in [-0.15, -0.1) is 11.3 Å². The van der Waals surface area contributed by atoms with Crippen LogP contribution in [0.3, 0.4) is 0 Å². The highest BCUT2D eigenvalue weighted by molar-refractivity contribution is 9.10. The summed E-state index contributed by atoms with van der Waals surface area (Å²) in [7, 11) is 0. The molecule has 0 aliphatic rings. The first-order valence-corrected chi connectivity index (χ1v) is 10.4. The van der Waals surface area contributed by atoms with E-state index < -0.39 is 5.91 Å². The van der Waals surface area contributed by atoms with Gasteiger partial charge in [-0.05, 0) is 45.4 Å². The Balaban J connectivity index is 1.80. The predicted molar refractivity (Wildman–Crippen MR) is 114 cm³/mol. The highest BCUT2D eigenvalue weighted by Crippen LogP contribution is 2.28. The second-order valence-electron chi connectivity index (χ2n) is 6.51. The Morgan fingerprint density at radius 3 is 2.79 bits per heavy atom. The van der Waals surface area contributed by atoms with Gasteiger partial charge in [-0.1, -0.05) is 19.9 Å². The van der Waals surface area contributed by atoms with Gasteiger partial charge in [-0.25, -0.2) is 4.98 Å². The quantitative estimate of drug-likeness (QED) is 0.446.